The quantitative estimate of drug-likeness (QED) is 0.593. The van der Waals surface area contributed by atoms with Crippen molar-refractivity contribution in [1.29, 1.82) is 5.26 Å². The van der Waals surface area contributed by atoms with E-state index in [1.165, 1.54) is 0 Å². The summed E-state index contributed by atoms with van der Waals surface area (Å²) in [7, 11) is 0. The largest absolute Gasteiger partial charge is 0.394 e. The van der Waals surface area contributed by atoms with Crippen LogP contribution in [-0.4, -0.2) is 61.9 Å². The third-order valence-corrected chi connectivity index (χ3v) is 3.28. The number of likely N-dealkylation sites (tertiary alicyclic amines) is 1. The van der Waals surface area contributed by atoms with Crippen LogP contribution in [0.3, 0.4) is 0 Å². The van der Waals surface area contributed by atoms with Crippen LogP contribution < -0.4 is 5.32 Å². The molecule has 0 atom stereocenters. The van der Waals surface area contributed by atoms with E-state index in [0.29, 0.717) is 26.2 Å². The van der Waals surface area contributed by atoms with Gasteiger partial charge in [-0.25, -0.2) is 0 Å². The fraction of sp³-hybridized carbons (Fsp3) is 0.846. The first kappa shape index (κ1) is 15.9. The van der Waals surface area contributed by atoms with Gasteiger partial charge in [0.1, 0.15) is 0 Å². The number of carbonyl (C=O) groups excluding carboxylic acids is 1. The van der Waals surface area contributed by atoms with E-state index in [9.17, 15) is 4.79 Å². The molecule has 0 aliphatic carbocycles. The van der Waals surface area contributed by atoms with Gasteiger partial charge in [-0.3, -0.25) is 4.79 Å². The van der Waals surface area contributed by atoms with E-state index in [1.54, 1.807) is 0 Å². The summed E-state index contributed by atoms with van der Waals surface area (Å²) < 4.78 is 5.08. The molecule has 1 aliphatic heterocycles. The van der Waals surface area contributed by atoms with E-state index < -0.39 is 0 Å². The maximum atomic E-state index is 11.9. The highest BCUT2D eigenvalue weighted by atomic mass is 16.5. The van der Waals surface area contributed by atoms with Gasteiger partial charge in [-0.2, -0.15) is 5.26 Å². The maximum Gasteiger partial charge on any atom is 0.223 e. The van der Waals surface area contributed by atoms with Gasteiger partial charge in [-0.05, 0) is 25.9 Å². The molecule has 0 unspecified atom stereocenters. The number of amides is 1. The molecule has 1 heterocycles. The predicted octanol–water partition coefficient (Wildman–Crippen LogP) is -0.263. The minimum atomic E-state index is 0.00903. The second kappa shape index (κ2) is 9.73. The maximum absolute atomic E-state index is 11.9. The zero-order valence-electron chi connectivity index (χ0n) is 11.3. The van der Waals surface area contributed by atoms with Gasteiger partial charge in [-0.1, -0.05) is 0 Å². The number of hydrogen-bond acceptors (Lipinski definition) is 5. The van der Waals surface area contributed by atoms with Gasteiger partial charge in [0, 0.05) is 25.4 Å². The average Bonchev–Trinajstić information content (AvgIpc) is 2.45. The number of aliphatic hydroxyl groups excluding tert-OH is 1. The molecule has 1 fully saturated rings. The van der Waals surface area contributed by atoms with Crippen LogP contribution in [0.5, 0.6) is 0 Å². The monoisotopic (exact) mass is 269 g/mol. The lowest BCUT2D eigenvalue weighted by Crippen LogP contribution is -2.41. The predicted molar refractivity (Wildman–Crippen MR) is 70.3 cm³/mol. The Labute approximate surface area is 114 Å². The van der Waals surface area contributed by atoms with Crippen molar-refractivity contribution < 1.29 is 14.6 Å². The van der Waals surface area contributed by atoms with E-state index in [4.69, 9.17) is 15.1 Å². The van der Waals surface area contributed by atoms with Crippen LogP contribution in [0.1, 0.15) is 19.3 Å². The Bertz CT molecular complexity index is 296. The summed E-state index contributed by atoms with van der Waals surface area (Å²) in [4.78, 5) is 14.1. The molecule has 0 radical (unpaired) electrons. The molecule has 0 spiro atoms. The zero-order chi connectivity index (χ0) is 13.9. The van der Waals surface area contributed by atoms with Crippen LogP contribution >= 0.6 is 0 Å². The summed E-state index contributed by atoms with van der Waals surface area (Å²) >= 11 is 0. The topological polar surface area (TPSA) is 85.6 Å². The summed E-state index contributed by atoms with van der Waals surface area (Å²) in [5.41, 5.74) is 0. The van der Waals surface area contributed by atoms with Crippen molar-refractivity contribution in [2.75, 3.05) is 46.0 Å². The number of carbonyl (C=O) groups is 1. The first-order valence-electron chi connectivity index (χ1n) is 6.83. The van der Waals surface area contributed by atoms with Gasteiger partial charge >= 0.3 is 0 Å². The molecule has 19 heavy (non-hydrogen) atoms. The SMILES string of the molecule is N#CCCN1CCC(C(=O)NCCOCCO)CC1. The van der Waals surface area contributed by atoms with E-state index >= 15 is 0 Å². The van der Waals surface area contributed by atoms with Gasteiger partial charge in [0.15, 0.2) is 0 Å². The Hall–Kier alpha value is -1.16. The van der Waals surface area contributed by atoms with Crippen molar-refractivity contribution in [3.05, 3.63) is 0 Å². The first-order chi connectivity index (χ1) is 9.27. The average molecular weight is 269 g/mol. The summed E-state index contributed by atoms with van der Waals surface area (Å²) in [5.74, 6) is 0.170. The van der Waals surface area contributed by atoms with E-state index in [-0.39, 0.29) is 18.4 Å². The van der Waals surface area contributed by atoms with Crippen molar-refractivity contribution in [3.63, 3.8) is 0 Å². The highest BCUT2D eigenvalue weighted by molar-refractivity contribution is 5.78. The Morgan fingerprint density at radius 3 is 2.79 bits per heavy atom. The molecule has 1 saturated heterocycles. The number of nitrogens with zero attached hydrogens (tertiary/aromatic N) is 2. The standard InChI is InChI=1S/C13H23N3O3/c14-4-1-6-16-7-2-12(3-8-16)13(18)15-5-10-19-11-9-17/h12,17H,1-3,5-11H2,(H,15,18). The minimum absolute atomic E-state index is 0.00903. The van der Waals surface area contributed by atoms with Crippen molar-refractivity contribution in [2.45, 2.75) is 19.3 Å². The van der Waals surface area contributed by atoms with Crippen molar-refractivity contribution in [1.82, 2.24) is 10.2 Å². The van der Waals surface area contributed by atoms with Gasteiger partial charge in [-0.15, -0.1) is 0 Å². The molecule has 6 nitrogen and oxygen atoms in total. The van der Waals surface area contributed by atoms with Crippen LogP contribution in [0, 0.1) is 17.2 Å². The van der Waals surface area contributed by atoms with Crippen LogP contribution in [0.4, 0.5) is 0 Å². The fourth-order valence-electron chi connectivity index (χ4n) is 2.18. The third kappa shape index (κ3) is 6.53. The molecule has 2 N–H and O–H groups in total. The van der Waals surface area contributed by atoms with Gasteiger partial charge in [0.25, 0.3) is 0 Å². The number of piperidine rings is 1. The van der Waals surface area contributed by atoms with Crippen molar-refractivity contribution >= 4 is 5.91 Å². The Morgan fingerprint density at radius 1 is 1.42 bits per heavy atom. The van der Waals surface area contributed by atoms with E-state index in [0.717, 1.165) is 32.5 Å². The number of aliphatic hydroxyl groups is 1. The van der Waals surface area contributed by atoms with Crippen LogP contribution in [0.15, 0.2) is 0 Å². The van der Waals surface area contributed by atoms with E-state index in [1.807, 2.05) is 0 Å². The molecule has 1 aliphatic rings. The fourth-order valence-corrected chi connectivity index (χ4v) is 2.18. The summed E-state index contributed by atoms with van der Waals surface area (Å²) in [6.45, 7) is 3.84. The minimum Gasteiger partial charge on any atom is -0.394 e. The molecule has 0 saturated carbocycles. The summed E-state index contributed by atoms with van der Waals surface area (Å²) in [6, 6.07) is 2.14. The number of rotatable bonds is 8. The second-order valence-electron chi connectivity index (χ2n) is 4.65. The Morgan fingerprint density at radius 2 is 2.16 bits per heavy atom. The normalized spacial score (nSPS) is 17.1. The van der Waals surface area contributed by atoms with Crippen LogP contribution in [0.25, 0.3) is 0 Å². The summed E-state index contributed by atoms with van der Waals surface area (Å²) in [5, 5.41) is 19.9. The number of nitriles is 1. The highest BCUT2D eigenvalue weighted by Gasteiger charge is 2.24. The lowest BCUT2D eigenvalue weighted by Gasteiger charge is -2.30. The van der Waals surface area contributed by atoms with Crippen LogP contribution in [0.2, 0.25) is 0 Å². The molecule has 1 rings (SSSR count). The van der Waals surface area contributed by atoms with Crippen LogP contribution in [-0.2, 0) is 9.53 Å². The van der Waals surface area contributed by atoms with Gasteiger partial charge < -0.3 is 20.1 Å². The van der Waals surface area contributed by atoms with Gasteiger partial charge in [0.05, 0.1) is 25.9 Å². The highest BCUT2D eigenvalue weighted by Crippen LogP contribution is 2.17. The van der Waals surface area contributed by atoms with Gasteiger partial charge in [0.2, 0.25) is 5.91 Å². The zero-order valence-corrected chi connectivity index (χ0v) is 11.3. The molecule has 1 amide bonds. The molecular weight excluding hydrogens is 246 g/mol. The summed E-state index contributed by atoms with van der Waals surface area (Å²) in [6.07, 6.45) is 2.27. The number of ether oxygens (including phenoxy) is 1. The Balaban J connectivity index is 2.09. The smallest absolute Gasteiger partial charge is 0.223 e. The molecule has 0 aromatic rings. The second-order valence-corrected chi connectivity index (χ2v) is 4.65. The third-order valence-electron chi connectivity index (χ3n) is 3.28. The first-order valence-corrected chi connectivity index (χ1v) is 6.83. The lowest BCUT2D eigenvalue weighted by atomic mass is 9.96. The number of nitrogens with one attached hydrogen (secondary N) is 1. The molecular formula is C13H23N3O3. The molecule has 0 aromatic carbocycles. The molecule has 0 aromatic heterocycles. The van der Waals surface area contributed by atoms with Crippen molar-refractivity contribution in [2.24, 2.45) is 5.92 Å². The molecule has 0 bridgehead atoms. The van der Waals surface area contributed by atoms with E-state index in [2.05, 4.69) is 16.3 Å². The van der Waals surface area contributed by atoms with Crippen molar-refractivity contribution in [3.8, 4) is 6.07 Å². The number of hydrogen-bond donors (Lipinski definition) is 2. The Kier molecular flexibility index (Phi) is 8.14. The lowest BCUT2D eigenvalue weighted by molar-refractivity contribution is -0.126. The molecule has 6 heteroatoms. The molecule has 108 valence electrons.